The molecule has 3 N–H and O–H groups in total. The first kappa shape index (κ1) is 57.1. The fourth-order valence-corrected chi connectivity index (χ4v) is 7.67. The molecule has 59 heavy (non-hydrogen) atoms. The van der Waals surface area contributed by atoms with Gasteiger partial charge < -0.3 is 20.3 Å². The quantitative estimate of drug-likeness (QED) is 0.0246. The molecule has 0 aliphatic carbocycles. The molecule has 2 unspecified atom stereocenters. The fraction of sp³-hybridized carbons (Fsp3) is 0.849. The molecule has 0 aliphatic rings. The Morgan fingerprint density at radius 1 is 0.475 bits per heavy atom. The SMILES string of the molecule is CCCC/C=C\CCCCCCCC(=O)OCCCCC/C=C\C=C/CCCCCCCCCCCCC(=O)NC(CO)C(O)CCCCCCCCCCCCCC. The number of aliphatic hydroxyl groups is 2. The summed E-state index contributed by atoms with van der Waals surface area (Å²) in [6.45, 7) is 4.86. The number of aliphatic hydroxyl groups excluding tert-OH is 2. The molecule has 0 rings (SSSR count). The molecule has 0 radical (unpaired) electrons. The number of hydrogen-bond donors (Lipinski definition) is 3. The molecule has 0 saturated carbocycles. The largest absolute Gasteiger partial charge is 0.466 e. The van der Waals surface area contributed by atoms with Crippen molar-refractivity contribution in [2.24, 2.45) is 0 Å². The second kappa shape index (κ2) is 48.7. The highest BCUT2D eigenvalue weighted by Gasteiger charge is 2.20. The van der Waals surface area contributed by atoms with E-state index in [9.17, 15) is 19.8 Å². The van der Waals surface area contributed by atoms with Crippen LogP contribution in [0.25, 0.3) is 0 Å². The van der Waals surface area contributed by atoms with Crippen LogP contribution >= 0.6 is 0 Å². The van der Waals surface area contributed by atoms with Crippen LogP contribution in [0.1, 0.15) is 264 Å². The smallest absolute Gasteiger partial charge is 0.305 e. The molecule has 0 aromatic heterocycles. The van der Waals surface area contributed by atoms with E-state index in [0.29, 0.717) is 25.9 Å². The molecular formula is C53H99NO5. The normalized spacial score (nSPS) is 12.9. The number of hydrogen-bond acceptors (Lipinski definition) is 5. The van der Waals surface area contributed by atoms with Crippen molar-refractivity contribution in [2.45, 2.75) is 276 Å². The van der Waals surface area contributed by atoms with Crippen LogP contribution in [0.15, 0.2) is 36.5 Å². The summed E-state index contributed by atoms with van der Waals surface area (Å²) in [5, 5.41) is 23.2. The van der Waals surface area contributed by atoms with Gasteiger partial charge in [0.05, 0.1) is 25.4 Å². The van der Waals surface area contributed by atoms with Gasteiger partial charge in [-0.05, 0) is 77.0 Å². The number of rotatable bonds is 47. The number of unbranched alkanes of at least 4 members (excludes halogenated alkanes) is 31. The van der Waals surface area contributed by atoms with Crippen LogP contribution in [0.4, 0.5) is 0 Å². The molecule has 6 heteroatoms. The van der Waals surface area contributed by atoms with Gasteiger partial charge in [0.2, 0.25) is 5.91 Å². The zero-order chi connectivity index (χ0) is 43.0. The van der Waals surface area contributed by atoms with E-state index in [-0.39, 0.29) is 18.5 Å². The first-order valence-corrected chi connectivity index (χ1v) is 25.8. The zero-order valence-corrected chi connectivity index (χ0v) is 39.2. The van der Waals surface area contributed by atoms with Gasteiger partial charge in [0, 0.05) is 12.8 Å². The zero-order valence-electron chi connectivity index (χ0n) is 39.2. The van der Waals surface area contributed by atoms with Crippen LogP contribution < -0.4 is 5.32 Å². The molecule has 0 bridgehead atoms. The van der Waals surface area contributed by atoms with E-state index >= 15 is 0 Å². The number of nitrogens with one attached hydrogen (secondary N) is 1. The molecule has 0 aliphatic heterocycles. The maximum absolute atomic E-state index is 12.4. The highest BCUT2D eigenvalue weighted by Crippen LogP contribution is 2.16. The number of amides is 1. The van der Waals surface area contributed by atoms with E-state index in [2.05, 4.69) is 55.6 Å². The van der Waals surface area contributed by atoms with Crippen LogP contribution in [-0.4, -0.2) is 47.4 Å². The van der Waals surface area contributed by atoms with Gasteiger partial charge in [0.25, 0.3) is 0 Å². The third kappa shape index (κ3) is 45.4. The van der Waals surface area contributed by atoms with Gasteiger partial charge in [-0.3, -0.25) is 9.59 Å². The molecule has 0 aromatic rings. The second-order valence-corrected chi connectivity index (χ2v) is 17.5. The lowest BCUT2D eigenvalue weighted by molar-refractivity contribution is -0.143. The van der Waals surface area contributed by atoms with Crippen molar-refractivity contribution in [2.75, 3.05) is 13.2 Å². The Morgan fingerprint density at radius 2 is 0.864 bits per heavy atom. The third-order valence-corrected chi connectivity index (χ3v) is 11.7. The lowest BCUT2D eigenvalue weighted by Crippen LogP contribution is -2.45. The maximum atomic E-state index is 12.4. The van der Waals surface area contributed by atoms with Gasteiger partial charge in [-0.1, -0.05) is 211 Å². The molecule has 0 spiro atoms. The molecule has 346 valence electrons. The Bertz CT molecular complexity index is 962. The predicted octanol–water partition coefficient (Wildman–Crippen LogP) is 15.3. The van der Waals surface area contributed by atoms with Crippen LogP contribution in [0.3, 0.4) is 0 Å². The topological polar surface area (TPSA) is 95.9 Å². The van der Waals surface area contributed by atoms with E-state index in [1.165, 1.54) is 161 Å². The fourth-order valence-electron chi connectivity index (χ4n) is 7.67. The summed E-state index contributed by atoms with van der Waals surface area (Å²) < 4.78 is 5.42. The number of carbonyl (C=O) groups excluding carboxylic acids is 2. The van der Waals surface area contributed by atoms with Gasteiger partial charge in [-0.25, -0.2) is 0 Å². The standard InChI is InChI=1S/C53H99NO5/c1-3-5-7-9-11-13-15-26-29-33-37-41-45-51(56)50(49-55)54-52(57)46-42-38-34-30-27-23-21-19-17-16-18-20-22-24-28-32-36-40-44-48-59-53(58)47-43-39-35-31-25-14-12-10-8-6-4-2/h10,12,20,22,24,28,50-51,55-56H,3-9,11,13-19,21,23,25-27,29-49H2,1-2H3,(H,54,57)/b12-10-,22-20-,28-24-. The Labute approximate surface area is 366 Å². The minimum atomic E-state index is -0.670. The summed E-state index contributed by atoms with van der Waals surface area (Å²) >= 11 is 0. The minimum Gasteiger partial charge on any atom is -0.466 e. The van der Waals surface area contributed by atoms with Crippen molar-refractivity contribution in [3.8, 4) is 0 Å². The summed E-state index contributed by atoms with van der Waals surface area (Å²) in [4.78, 5) is 24.4. The Hall–Kier alpha value is -1.92. The number of carbonyl (C=O) groups is 2. The Balaban J connectivity index is 3.49. The molecule has 1 amide bonds. The summed E-state index contributed by atoms with van der Waals surface area (Å²) in [7, 11) is 0. The average molecular weight is 830 g/mol. The van der Waals surface area contributed by atoms with Crippen LogP contribution in [0.5, 0.6) is 0 Å². The first-order chi connectivity index (χ1) is 29.0. The molecular weight excluding hydrogens is 731 g/mol. The van der Waals surface area contributed by atoms with E-state index in [0.717, 1.165) is 70.6 Å². The summed E-state index contributed by atoms with van der Waals surface area (Å²) in [5.74, 6) is -0.0715. The lowest BCUT2D eigenvalue weighted by Gasteiger charge is -2.22. The molecule has 6 nitrogen and oxygen atoms in total. The highest BCUT2D eigenvalue weighted by molar-refractivity contribution is 5.76. The highest BCUT2D eigenvalue weighted by atomic mass is 16.5. The van der Waals surface area contributed by atoms with E-state index < -0.39 is 12.1 Å². The first-order valence-electron chi connectivity index (χ1n) is 25.8. The lowest BCUT2D eigenvalue weighted by atomic mass is 10.0. The summed E-state index contributed by atoms with van der Waals surface area (Å²) in [6, 6.07) is -0.548. The van der Waals surface area contributed by atoms with Gasteiger partial charge in [-0.15, -0.1) is 0 Å². The third-order valence-electron chi connectivity index (χ3n) is 11.7. The minimum absolute atomic E-state index is 0.0251. The van der Waals surface area contributed by atoms with Gasteiger partial charge >= 0.3 is 5.97 Å². The van der Waals surface area contributed by atoms with Crippen molar-refractivity contribution in [3.05, 3.63) is 36.5 Å². The second-order valence-electron chi connectivity index (χ2n) is 17.5. The van der Waals surface area contributed by atoms with Crippen LogP contribution in [0.2, 0.25) is 0 Å². The number of allylic oxidation sites excluding steroid dienone is 6. The van der Waals surface area contributed by atoms with E-state index in [1.807, 2.05) is 0 Å². The van der Waals surface area contributed by atoms with Crippen molar-refractivity contribution in [1.82, 2.24) is 5.32 Å². The van der Waals surface area contributed by atoms with E-state index in [1.54, 1.807) is 0 Å². The molecule has 0 aromatic carbocycles. The predicted molar refractivity (Wildman–Crippen MR) is 255 cm³/mol. The average Bonchev–Trinajstić information content (AvgIpc) is 3.24. The summed E-state index contributed by atoms with van der Waals surface area (Å²) in [5.41, 5.74) is 0. The molecule has 2 atom stereocenters. The molecule has 0 saturated heterocycles. The number of esters is 1. The van der Waals surface area contributed by atoms with Crippen molar-refractivity contribution in [1.29, 1.82) is 0 Å². The van der Waals surface area contributed by atoms with Crippen molar-refractivity contribution < 1.29 is 24.5 Å². The maximum Gasteiger partial charge on any atom is 0.305 e. The Morgan fingerprint density at radius 3 is 1.36 bits per heavy atom. The van der Waals surface area contributed by atoms with Crippen LogP contribution in [-0.2, 0) is 14.3 Å². The van der Waals surface area contributed by atoms with Gasteiger partial charge in [0.1, 0.15) is 0 Å². The Kier molecular flexibility index (Phi) is 47.2. The van der Waals surface area contributed by atoms with Crippen molar-refractivity contribution >= 4 is 11.9 Å². The molecule has 0 heterocycles. The van der Waals surface area contributed by atoms with Gasteiger partial charge in [0.15, 0.2) is 0 Å². The molecule has 0 fully saturated rings. The van der Waals surface area contributed by atoms with Gasteiger partial charge in [-0.2, -0.15) is 0 Å². The van der Waals surface area contributed by atoms with E-state index in [4.69, 9.17) is 4.74 Å². The van der Waals surface area contributed by atoms with Crippen LogP contribution in [0, 0.1) is 0 Å². The van der Waals surface area contributed by atoms with Crippen molar-refractivity contribution in [3.63, 3.8) is 0 Å². The number of ether oxygens (including phenoxy) is 1. The summed E-state index contributed by atoms with van der Waals surface area (Å²) in [6.07, 6.45) is 58.3. The monoisotopic (exact) mass is 830 g/mol.